The van der Waals surface area contributed by atoms with Crippen LogP contribution in [0.15, 0.2) is 36.1 Å². The first-order valence-corrected chi connectivity index (χ1v) is 4.48. The lowest BCUT2D eigenvalue weighted by Crippen LogP contribution is -2.37. The van der Waals surface area contributed by atoms with Gasteiger partial charge in [0, 0.05) is 5.70 Å². The summed E-state index contributed by atoms with van der Waals surface area (Å²) in [6.45, 7) is 5.42. The van der Waals surface area contributed by atoms with E-state index in [4.69, 9.17) is 5.73 Å². The zero-order valence-electron chi connectivity index (χ0n) is 9.14. The molecule has 0 saturated carbocycles. The molecule has 0 amide bonds. The fourth-order valence-electron chi connectivity index (χ4n) is 0.872. The molecule has 0 aliphatic rings. The Morgan fingerprint density at radius 2 is 1.88 bits per heavy atom. The summed E-state index contributed by atoms with van der Waals surface area (Å²) in [6, 6.07) is 0. The van der Waals surface area contributed by atoms with E-state index in [1.54, 1.807) is 0 Å². The monoisotopic (exact) mass is 233 g/mol. The van der Waals surface area contributed by atoms with Gasteiger partial charge in [0.25, 0.3) is 0 Å². The molecule has 0 fully saturated rings. The molecule has 0 aliphatic heterocycles. The predicted octanol–water partition coefficient (Wildman–Crippen LogP) is 2.73. The molecule has 1 unspecified atom stereocenters. The predicted molar refractivity (Wildman–Crippen MR) is 56.5 cm³/mol. The number of halogens is 3. The average molecular weight is 233 g/mol. The van der Waals surface area contributed by atoms with Gasteiger partial charge in [0.05, 0.1) is 0 Å². The van der Waals surface area contributed by atoms with E-state index in [0.717, 1.165) is 6.92 Å². The van der Waals surface area contributed by atoms with Crippen LogP contribution in [0.25, 0.3) is 0 Å². The second-order valence-electron chi connectivity index (χ2n) is 3.60. The molecular weight excluding hydrogens is 219 g/mol. The van der Waals surface area contributed by atoms with Gasteiger partial charge in [-0.3, -0.25) is 0 Å². The number of aldehydes is 1. The lowest BCUT2D eigenvalue weighted by Gasteiger charge is -2.26. The maximum absolute atomic E-state index is 12.6. The van der Waals surface area contributed by atoms with Gasteiger partial charge in [-0.1, -0.05) is 24.3 Å². The molecule has 0 radical (unpaired) electrons. The van der Waals surface area contributed by atoms with Crippen LogP contribution in [0.1, 0.15) is 13.8 Å². The molecule has 0 spiro atoms. The SMILES string of the molecule is C=C(N)/C=C\C=C(/C)C(C)(C=O)C(F)(F)F. The molecule has 90 valence electrons. The summed E-state index contributed by atoms with van der Waals surface area (Å²) in [6.07, 6.45) is -0.844. The first kappa shape index (κ1) is 14.5. The van der Waals surface area contributed by atoms with Gasteiger partial charge in [0.2, 0.25) is 0 Å². The van der Waals surface area contributed by atoms with Crippen LogP contribution in [0.5, 0.6) is 0 Å². The van der Waals surface area contributed by atoms with Crippen LogP contribution in [-0.2, 0) is 4.79 Å². The standard InChI is InChI=1S/C11H14F3NO/c1-8(5-4-6-9(2)15)10(3,7-16)11(12,13)14/h4-7H,2,15H2,1,3H3/b6-4-,8-5+. The van der Waals surface area contributed by atoms with E-state index in [2.05, 4.69) is 6.58 Å². The highest BCUT2D eigenvalue weighted by Gasteiger charge is 2.52. The third kappa shape index (κ3) is 3.25. The van der Waals surface area contributed by atoms with Gasteiger partial charge < -0.3 is 10.5 Å². The van der Waals surface area contributed by atoms with Gasteiger partial charge >= 0.3 is 6.18 Å². The van der Waals surface area contributed by atoms with Crippen molar-refractivity contribution in [3.05, 3.63) is 36.1 Å². The number of allylic oxidation sites excluding steroid dienone is 4. The van der Waals surface area contributed by atoms with Crippen LogP contribution in [0.2, 0.25) is 0 Å². The smallest absolute Gasteiger partial charge is 0.399 e. The summed E-state index contributed by atoms with van der Waals surface area (Å²) >= 11 is 0. The van der Waals surface area contributed by atoms with E-state index in [0.29, 0.717) is 0 Å². The number of nitrogens with two attached hydrogens (primary N) is 1. The Kier molecular flexibility index (Phi) is 4.53. The summed E-state index contributed by atoms with van der Waals surface area (Å²) < 4.78 is 37.8. The zero-order valence-corrected chi connectivity index (χ0v) is 9.14. The van der Waals surface area contributed by atoms with Crippen LogP contribution in [0, 0.1) is 5.41 Å². The van der Waals surface area contributed by atoms with E-state index >= 15 is 0 Å². The Hall–Kier alpha value is -1.52. The molecule has 0 aromatic rings. The van der Waals surface area contributed by atoms with Crippen molar-refractivity contribution in [1.29, 1.82) is 0 Å². The Bertz CT molecular complexity index is 342. The maximum atomic E-state index is 12.6. The van der Waals surface area contributed by atoms with Crippen LogP contribution < -0.4 is 5.73 Å². The van der Waals surface area contributed by atoms with E-state index in [9.17, 15) is 18.0 Å². The first-order valence-electron chi connectivity index (χ1n) is 4.48. The minimum absolute atomic E-state index is 0.104. The fourth-order valence-corrected chi connectivity index (χ4v) is 0.872. The van der Waals surface area contributed by atoms with E-state index < -0.39 is 11.6 Å². The number of alkyl halides is 3. The molecule has 5 heteroatoms. The number of carbonyl (C=O) groups excluding carboxylic acids is 1. The average Bonchev–Trinajstić information content (AvgIpc) is 2.13. The summed E-state index contributed by atoms with van der Waals surface area (Å²) in [7, 11) is 0. The van der Waals surface area contributed by atoms with Crippen molar-refractivity contribution in [2.75, 3.05) is 0 Å². The van der Waals surface area contributed by atoms with Crippen LogP contribution in [0.3, 0.4) is 0 Å². The molecule has 0 aliphatic carbocycles. The minimum Gasteiger partial charge on any atom is -0.399 e. The van der Waals surface area contributed by atoms with Crippen molar-refractivity contribution in [1.82, 2.24) is 0 Å². The van der Waals surface area contributed by atoms with Crippen molar-refractivity contribution in [2.45, 2.75) is 20.0 Å². The van der Waals surface area contributed by atoms with Gasteiger partial charge in [0.1, 0.15) is 11.7 Å². The van der Waals surface area contributed by atoms with Gasteiger partial charge in [-0.15, -0.1) is 0 Å². The summed E-state index contributed by atoms with van der Waals surface area (Å²) in [5.74, 6) is 0. The summed E-state index contributed by atoms with van der Waals surface area (Å²) in [5.41, 5.74) is 2.86. The highest BCUT2D eigenvalue weighted by molar-refractivity contribution is 5.66. The van der Waals surface area contributed by atoms with Gasteiger partial charge in [-0.2, -0.15) is 13.2 Å². The molecule has 1 atom stereocenters. The molecule has 0 saturated heterocycles. The van der Waals surface area contributed by atoms with E-state index in [-0.39, 0.29) is 17.6 Å². The van der Waals surface area contributed by atoms with Crippen molar-refractivity contribution < 1.29 is 18.0 Å². The molecule has 0 rings (SSSR count). The first-order chi connectivity index (χ1) is 7.15. The Morgan fingerprint density at radius 3 is 2.19 bits per heavy atom. The highest BCUT2D eigenvalue weighted by atomic mass is 19.4. The normalized spacial score (nSPS) is 17.2. The molecule has 0 bridgehead atoms. The largest absolute Gasteiger partial charge is 0.404 e. The van der Waals surface area contributed by atoms with Crippen molar-refractivity contribution in [3.63, 3.8) is 0 Å². The van der Waals surface area contributed by atoms with Crippen LogP contribution >= 0.6 is 0 Å². The number of hydrogen-bond acceptors (Lipinski definition) is 2. The Morgan fingerprint density at radius 1 is 1.38 bits per heavy atom. The topological polar surface area (TPSA) is 43.1 Å². The van der Waals surface area contributed by atoms with Crippen LogP contribution in [-0.4, -0.2) is 12.5 Å². The molecule has 0 heterocycles. The molecule has 2 nitrogen and oxygen atoms in total. The van der Waals surface area contributed by atoms with Crippen LogP contribution in [0.4, 0.5) is 13.2 Å². The van der Waals surface area contributed by atoms with Crippen molar-refractivity contribution in [2.24, 2.45) is 11.1 Å². The third-order valence-corrected chi connectivity index (χ3v) is 2.30. The van der Waals surface area contributed by atoms with Gasteiger partial charge in [0.15, 0.2) is 0 Å². The lowest BCUT2D eigenvalue weighted by atomic mass is 9.83. The molecule has 16 heavy (non-hydrogen) atoms. The number of carbonyl (C=O) groups is 1. The van der Waals surface area contributed by atoms with E-state index in [1.807, 2.05) is 0 Å². The molecule has 0 aromatic heterocycles. The Labute approximate surface area is 92.3 Å². The molecular formula is C11H14F3NO. The Balaban J connectivity index is 5.14. The van der Waals surface area contributed by atoms with Gasteiger partial charge in [-0.25, -0.2) is 0 Å². The van der Waals surface area contributed by atoms with Crippen molar-refractivity contribution >= 4 is 6.29 Å². The quantitative estimate of drug-likeness (QED) is 0.599. The third-order valence-electron chi connectivity index (χ3n) is 2.30. The summed E-state index contributed by atoms with van der Waals surface area (Å²) in [5, 5.41) is 0. The fraction of sp³-hybridized carbons (Fsp3) is 0.364. The summed E-state index contributed by atoms with van der Waals surface area (Å²) in [4.78, 5) is 10.6. The number of rotatable bonds is 4. The lowest BCUT2D eigenvalue weighted by molar-refractivity contribution is -0.197. The highest BCUT2D eigenvalue weighted by Crippen LogP contribution is 2.41. The van der Waals surface area contributed by atoms with Gasteiger partial charge in [-0.05, 0) is 19.9 Å². The second kappa shape index (κ2) is 5.01. The maximum Gasteiger partial charge on any atom is 0.404 e. The minimum atomic E-state index is -4.61. The molecule has 2 N–H and O–H groups in total. The molecule has 0 aromatic carbocycles. The second-order valence-corrected chi connectivity index (χ2v) is 3.60. The number of hydrogen-bond donors (Lipinski definition) is 1. The van der Waals surface area contributed by atoms with E-state index in [1.165, 1.54) is 25.2 Å². The zero-order chi connectivity index (χ0) is 13.0. The van der Waals surface area contributed by atoms with Crippen molar-refractivity contribution in [3.8, 4) is 0 Å².